The second-order valence-corrected chi connectivity index (χ2v) is 12.8. The quantitative estimate of drug-likeness (QED) is 0.253. The highest BCUT2D eigenvalue weighted by Crippen LogP contribution is 2.67. The molecule has 11 nitrogen and oxygen atoms in total. The van der Waals surface area contributed by atoms with E-state index in [9.17, 15) is 45.0 Å². The van der Waals surface area contributed by atoms with Crippen LogP contribution in [0.15, 0.2) is 0 Å². The Balaban J connectivity index is 1.31. The van der Waals surface area contributed by atoms with Crippen molar-refractivity contribution < 1.29 is 54.5 Å². The van der Waals surface area contributed by atoms with Gasteiger partial charge in [-0.15, -0.1) is 0 Å². The lowest BCUT2D eigenvalue weighted by atomic mass is 9.44. The summed E-state index contributed by atoms with van der Waals surface area (Å²) in [6.07, 6.45) is -4.28. The molecule has 1 saturated heterocycles. The van der Waals surface area contributed by atoms with Gasteiger partial charge in [-0.05, 0) is 68.1 Å². The minimum Gasteiger partial charge on any atom is -0.479 e. The second kappa shape index (κ2) is 9.57. The van der Waals surface area contributed by atoms with E-state index >= 15 is 0 Å². The second-order valence-electron chi connectivity index (χ2n) is 12.8. The first-order valence-electron chi connectivity index (χ1n) is 13.8. The number of fused-ring (bicyclic) bond motifs is 5. The highest BCUT2D eigenvalue weighted by atomic mass is 16.7. The van der Waals surface area contributed by atoms with Gasteiger partial charge in [0.25, 0.3) is 0 Å². The van der Waals surface area contributed by atoms with Crippen LogP contribution in [0.2, 0.25) is 0 Å². The Morgan fingerprint density at radius 2 is 1.74 bits per heavy atom. The number of aliphatic carboxylic acids is 1. The lowest BCUT2D eigenvalue weighted by Crippen LogP contribution is -2.63. The molecule has 214 valence electrons. The van der Waals surface area contributed by atoms with Crippen LogP contribution in [0.25, 0.3) is 0 Å². The molecular weight excluding hydrogens is 500 g/mol. The van der Waals surface area contributed by atoms with Crippen LogP contribution in [0.3, 0.4) is 0 Å². The molecule has 13 atom stereocenters. The summed E-state index contributed by atoms with van der Waals surface area (Å²) in [6, 6.07) is 0. The number of ether oxygens (including phenoxy) is 2. The summed E-state index contributed by atoms with van der Waals surface area (Å²) in [4.78, 5) is 37.8. The molecule has 5 rings (SSSR count). The molecule has 0 unspecified atom stereocenters. The van der Waals surface area contributed by atoms with Crippen molar-refractivity contribution in [2.75, 3.05) is 6.61 Å². The molecule has 38 heavy (non-hydrogen) atoms. The number of carboxylic acids is 1. The SMILES string of the molecule is C[C@]12CC[C@@H](O[C@@H]3O[C@H](C(=O)O)[C@@H](O)[C@@H](O)[C@H]3O)C[C@@H]1CC[C@@H]1[C@@H]2C(=O)C[C@@]2(C)[C@H]1CC[C@]2(O)C(=O)CO. The van der Waals surface area contributed by atoms with Gasteiger partial charge in [0, 0.05) is 17.8 Å². The zero-order valence-corrected chi connectivity index (χ0v) is 21.9. The Morgan fingerprint density at radius 3 is 2.39 bits per heavy atom. The molecular formula is C27H40O11. The molecule has 0 amide bonds. The number of rotatable bonds is 5. The van der Waals surface area contributed by atoms with Gasteiger partial charge in [0.05, 0.1) is 6.10 Å². The number of carbonyl (C=O) groups is 3. The van der Waals surface area contributed by atoms with E-state index in [2.05, 4.69) is 6.92 Å². The average molecular weight is 541 g/mol. The van der Waals surface area contributed by atoms with Crippen LogP contribution in [0.1, 0.15) is 65.2 Å². The number of aliphatic hydroxyl groups excluding tert-OH is 4. The van der Waals surface area contributed by atoms with Crippen LogP contribution in [0.4, 0.5) is 0 Å². The van der Waals surface area contributed by atoms with Crippen molar-refractivity contribution in [2.24, 2.45) is 34.5 Å². The van der Waals surface area contributed by atoms with Crippen LogP contribution in [0, 0.1) is 34.5 Å². The Kier molecular flexibility index (Phi) is 7.07. The van der Waals surface area contributed by atoms with Crippen molar-refractivity contribution in [3.05, 3.63) is 0 Å². The Morgan fingerprint density at radius 1 is 1.03 bits per heavy atom. The molecule has 5 aliphatic rings. The lowest BCUT2D eigenvalue weighted by Gasteiger charge is -2.60. The minimum atomic E-state index is -1.78. The molecule has 6 N–H and O–H groups in total. The third kappa shape index (κ3) is 3.92. The third-order valence-corrected chi connectivity index (χ3v) is 11.2. The third-order valence-electron chi connectivity index (χ3n) is 11.2. The van der Waals surface area contributed by atoms with Crippen LogP contribution in [0.5, 0.6) is 0 Å². The van der Waals surface area contributed by atoms with Gasteiger partial charge in [-0.25, -0.2) is 4.79 Å². The summed E-state index contributed by atoms with van der Waals surface area (Å²) in [5, 5.41) is 60.6. The van der Waals surface area contributed by atoms with Crippen molar-refractivity contribution >= 4 is 17.5 Å². The predicted octanol–water partition coefficient (Wildman–Crippen LogP) is -0.222. The van der Waals surface area contributed by atoms with Crippen molar-refractivity contribution in [1.82, 2.24) is 0 Å². The first-order valence-corrected chi connectivity index (χ1v) is 13.8. The maximum Gasteiger partial charge on any atom is 0.335 e. The van der Waals surface area contributed by atoms with E-state index in [1.165, 1.54) is 0 Å². The zero-order chi connectivity index (χ0) is 27.8. The standard InChI is InChI=1S/C27H40O11/c1-25-7-5-13(37-24-21(33)19(31)20(32)22(38-24)23(34)35)9-12(25)3-4-14-15-6-8-27(36,17(30)11-28)26(15,2)10-16(29)18(14)25/h12-15,18-22,24,28,31-33,36H,3-11H2,1-2H3,(H,34,35)/t12-,13+,14-,15-,18+,19+,20-,21+,22-,24+,25-,26-,27-/m0/s1. The van der Waals surface area contributed by atoms with Gasteiger partial charge in [-0.1, -0.05) is 13.8 Å². The summed E-state index contributed by atoms with van der Waals surface area (Å²) in [5.74, 6) is -2.06. The van der Waals surface area contributed by atoms with E-state index in [-0.39, 0.29) is 53.8 Å². The van der Waals surface area contributed by atoms with E-state index < -0.39 is 60.1 Å². The zero-order valence-electron chi connectivity index (χ0n) is 21.9. The fourth-order valence-electron chi connectivity index (χ4n) is 9.10. The number of hydrogen-bond acceptors (Lipinski definition) is 10. The Labute approximate surface area is 221 Å². The molecule has 11 heteroatoms. The van der Waals surface area contributed by atoms with E-state index in [0.29, 0.717) is 25.7 Å². The number of hydrogen-bond donors (Lipinski definition) is 6. The fourth-order valence-corrected chi connectivity index (χ4v) is 9.10. The highest BCUT2D eigenvalue weighted by molar-refractivity contribution is 5.92. The first-order chi connectivity index (χ1) is 17.8. The normalized spacial score (nSPS) is 52.6. The molecule has 5 fully saturated rings. The smallest absolute Gasteiger partial charge is 0.335 e. The maximum atomic E-state index is 13.8. The van der Waals surface area contributed by atoms with Gasteiger partial charge >= 0.3 is 5.97 Å². The molecule has 0 aromatic heterocycles. The summed E-state index contributed by atoms with van der Waals surface area (Å²) >= 11 is 0. The summed E-state index contributed by atoms with van der Waals surface area (Å²) in [7, 11) is 0. The highest BCUT2D eigenvalue weighted by Gasteiger charge is 2.69. The number of ketones is 2. The van der Waals surface area contributed by atoms with Crippen molar-refractivity contribution in [2.45, 2.75) is 108 Å². The molecule has 1 aliphatic heterocycles. The Bertz CT molecular complexity index is 986. The summed E-state index contributed by atoms with van der Waals surface area (Å²) in [6.45, 7) is 3.22. The molecule has 1 heterocycles. The van der Waals surface area contributed by atoms with Crippen molar-refractivity contribution in [3.63, 3.8) is 0 Å². The topological polar surface area (TPSA) is 191 Å². The van der Waals surface area contributed by atoms with Gasteiger partial charge in [0.2, 0.25) is 0 Å². The van der Waals surface area contributed by atoms with Gasteiger partial charge in [0.15, 0.2) is 18.2 Å². The minimum absolute atomic E-state index is 0.00380. The maximum absolute atomic E-state index is 13.8. The van der Waals surface area contributed by atoms with Gasteiger partial charge in [-0.2, -0.15) is 0 Å². The van der Waals surface area contributed by atoms with Crippen molar-refractivity contribution in [3.8, 4) is 0 Å². The summed E-state index contributed by atoms with van der Waals surface area (Å²) < 4.78 is 11.3. The number of Topliss-reactive ketones (excluding diaryl/α,β-unsaturated/α-hetero) is 2. The van der Waals surface area contributed by atoms with E-state index in [1.54, 1.807) is 0 Å². The lowest BCUT2D eigenvalue weighted by molar-refractivity contribution is -0.309. The molecule has 4 saturated carbocycles. The van der Waals surface area contributed by atoms with E-state index in [4.69, 9.17) is 9.47 Å². The van der Waals surface area contributed by atoms with Gasteiger partial charge < -0.3 is 40.1 Å². The van der Waals surface area contributed by atoms with Gasteiger partial charge in [-0.3, -0.25) is 9.59 Å². The Hall–Kier alpha value is -1.47. The van der Waals surface area contributed by atoms with Crippen LogP contribution < -0.4 is 0 Å². The molecule has 0 spiro atoms. The van der Waals surface area contributed by atoms with Crippen LogP contribution in [-0.4, -0.2) is 97.2 Å². The molecule has 0 aromatic carbocycles. The van der Waals surface area contributed by atoms with E-state index in [1.807, 2.05) is 6.92 Å². The molecule has 0 bridgehead atoms. The number of carboxylic acid groups (broad SMARTS) is 1. The number of aliphatic hydroxyl groups is 5. The largest absolute Gasteiger partial charge is 0.479 e. The molecule has 4 aliphatic carbocycles. The van der Waals surface area contributed by atoms with Crippen LogP contribution >= 0.6 is 0 Å². The van der Waals surface area contributed by atoms with E-state index in [0.717, 1.165) is 12.8 Å². The van der Waals surface area contributed by atoms with Crippen molar-refractivity contribution in [1.29, 1.82) is 0 Å². The number of carbonyl (C=O) groups excluding carboxylic acids is 2. The average Bonchev–Trinajstić information content (AvgIpc) is 3.14. The predicted molar refractivity (Wildman–Crippen MR) is 128 cm³/mol. The molecule has 0 radical (unpaired) electrons. The summed E-state index contributed by atoms with van der Waals surface area (Å²) in [5.41, 5.74) is -2.90. The monoisotopic (exact) mass is 540 g/mol. The fraction of sp³-hybridized carbons (Fsp3) is 0.889. The molecule has 0 aromatic rings. The van der Waals surface area contributed by atoms with Crippen LogP contribution in [-0.2, 0) is 23.9 Å². The first kappa shape index (κ1) is 28.1. The van der Waals surface area contributed by atoms with Gasteiger partial charge in [0.1, 0.15) is 36.3 Å².